The Balaban J connectivity index is 2.27. The van der Waals surface area contributed by atoms with Crippen molar-refractivity contribution in [2.75, 3.05) is 31.5 Å². The summed E-state index contributed by atoms with van der Waals surface area (Å²) >= 11 is 0. The maximum atomic E-state index is 13.0. The van der Waals surface area contributed by atoms with Gasteiger partial charge in [0.15, 0.2) is 0 Å². The lowest BCUT2D eigenvalue weighted by Crippen LogP contribution is -2.36. The Bertz CT molecular complexity index is 912. The van der Waals surface area contributed by atoms with Crippen LogP contribution >= 0.6 is 0 Å². The monoisotopic (exact) mass is 389 g/mol. The fraction of sp³-hybridized carbons (Fsp3) is 0.263. The van der Waals surface area contributed by atoms with E-state index >= 15 is 0 Å². The average molecular weight is 389 g/mol. The van der Waals surface area contributed by atoms with E-state index in [0.717, 1.165) is 0 Å². The number of nitrogens with one attached hydrogen (secondary N) is 1. The second kappa shape index (κ2) is 8.68. The summed E-state index contributed by atoms with van der Waals surface area (Å²) in [6.07, 6.45) is 0. The molecule has 0 atom stereocenters. The van der Waals surface area contributed by atoms with Crippen molar-refractivity contribution in [1.82, 2.24) is 10.2 Å². The first kappa shape index (κ1) is 20.4. The molecule has 0 heterocycles. The fourth-order valence-corrected chi connectivity index (χ4v) is 3.95. The van der Waals surface area contributed by atoms with Crippen LogP contribution < -0.4 is 9.62 Å². The number of nitrogens with zero attached hydrogens (tertiary/aromatic N) is 2. The molecule has 7 nitrogen and oxygen atoms in total. The van der Waals surface area contributed by atoms with Crippen molar-refractivity contribution >= 4 is 27.5 Å². The summed E-state index contributed by atoms with van der Waals surface area (Å²) in [5.74, 6) is -0.765. The highest BCUT2D eigenvalue weighted by Crippen LogP contribution is 2.23. The lowest BCUT2D eigenvalue weighted by atomic mass is 10.2. The van der Waals surface area contributed by atoms with Crippen LogP contribution in [0, 0.1) is 0 Å². The van der Waals surface area contributed by atoms with E-state index in [1.54, 1.807) is 45.3 Å². The third-order valence-corrected chi connectivity index (χ3v) is 5.81. The number of sulfonamides is 1. The molecule has 0 fully saturated rings. The van der Waals surface area contributed by atoms with Crippen LogP contribution in [0.2, 0.25) is 0 Å². The number of carbonyl (C=O) groups excluding carboxylic acids is 2. The van der Waals surface area contributed by atoms with Gasteiger partial charge in [0.25, 0.3) is 15.9 Å². The number of benzene rings is 2. The van der Waals surface area contributed by atoms with Gasteiger partial charge in [0.1, 0.15) is 0 Å². The van der Waals surface area contributed by atoms with Gasteiger partial charge in [-0.1, -0.05) is 24.3 Å². The van der Waals surface area contributed by atoms with Gasteiger partial charge in [-0.2, -0.15) is 0 Å². The van der Waals surface area contributed by atoms with Crippen LogP contribution in [0.3, 0.4) is 0 Å². The van der Waals surface area contributed by atoms with Gasteiger partial charge in [-0.25, -0.2) is 8.42 Å². The largest absolute Gasteiger partial charge is 0.347 e. The molecule has 0 saturated carbocycles. The molecule has 0 unspecified atom stereocenters. The van der Waals surface area contributed by atoms with Crippen molar-refractivity contribution in [3.05, 3.63) is 60.2 Å². The van der Waals surface area contributed by atoms with Crippen molar-refractivity contribution in [3.63, 3.8) is 0 Å². The van der Waals surface area contributed by atoms with Gasteiger partial charge in [0, 0.05) is 26.2 Å². The van der Waals surface area contributed by atoms with Gasteiger partial charge in [0.05, 0.1) is 17.1 Å². The smallest absolute Gasteiger partial charge is 0.264 e. The number of carbonyl (C=O) groups is 2. The summed E-state index contributed by atoms with van der Waals surface area (Å²) in [6, 6.07) is 14.5. The standard InChI is InChI=1S/C19H23N3O4S/c1-4-22(16-10-6-5-7-11-16)27(25,26)17-12-8-9-15(13-17)19(24)20-14-18(23)21(2)3/h5-13H,4,14H2,1-3H3,(H,20,24). The maximum Gasteiger partial charge on any atom is 0.264 e. The molecule has 144 valence electrons. The highest BCUT2D eigenvalue weighted by molar-refractivity contribution is 7.92. The van der Waals surface area contributed by atoms with E-state index in [0.29, 0.717) is 5.69 Å². The van der Waals surface area contributed by atoms with Crippen LogP contribution in [0.15, 0.2) is 59.5 Å². The van der Waals surface area contributed by atoms with Gasteiger partial charge < -0.3 is 10.2 Å². The number of rotatable bonds is 7. The summed E-state index contributed by atoms with van der Waals surface area (Å²) in [5.41, 5.74) is 0.721. The molecule has 0 bridgehead atoms. The number of amides is 2. The molecular weight excluding hydrogens is 366 g/mol. The second-order valence-corrected chi connectivity index (χ2v) is 7.87. The summed E-state index contributed by atoms with van der Waals surface area (Å²) in [5, 5.41) is 2.50. The second-order valence-electron chi connectivity index (χ2n) is 6.00. The van der Waals surface area contributed by atoms with Gasteiger partial charge in [0.2, 0.25) is 5.91 Å². The van der Waals surface area contributed by atoms with Crippen LogP contribution in [0.5, 0.6) is 0 Å². The Labute approximate surface area is 159 Å². The van der Waals surface area contributed by atoms with E-state index in [4.69, 9.17) is 0 Å². The fourth-order valence-electron chi connectivity index (χ4n) is 2.43. The molecule has 0 aromatic heterocycles. The minimum Gasteiger partial charge on any atom is -0.347 e. The molecule has 2 aromatic rings. The quantitative estimate of drug-likeness (QED) is 0.781. The van der Waals surface area contributed by atoms with Crippen LogP contribution in [0.25, 0.3) is 0 Å². The van der Waals surface area contributed by atoms with E-state index < -0.39 is 15.9 Å². The summed E-state index contributed by atoms with van der Waals surface area (Å²) in [6.45, 7) is 1.84. The van der Waals surface area contributed by atoms with Crippen LogP contribution in [-0.4, -0.2) is 52.3 Å². The van der Waals surface area contributed by atoms with Crippen molar-refractivity contribution < 1.29 is 18.0 Å². The minimum absolute atomic E-state index is 0.0137. The van der Waals surface area contributed by atoms with E-state index in [2.05, 4.69) is 5.32 Å². The minimum atomic E-state index is -3.83. The molecule has 0 saturated heterocycles. The maximum absolute atomic E-state index is 13.0. The number of anilines is 1. The van der Waals surface area contributed by atoms with E-state index in [-0.39, 0.29) is 29.5 Å². The van der Waals surface area contributed by atoms with E-state index in [1.807, 2.05) is 6.07 Å². The normalized spacial score (nSPS) is 10.9. The highest BCUT2D eigenvalue weighted by Gasteiger charge is 2.24. The molecule has 0 spiro atoms. The van der Waals surface area contributed by atoms with Crippen molar-refractivity contribution in [3.8, 4) is 0 Å². The SMILES string of the molecule is CCN(c1ccccc1)S(=O)(=O)c1cccc(C(=O)NCC(=O)N(C)C)c1. The number of hydrogen-bond donors (Lipinski definition) is 1. The molecule has 8 heteroatoms. The van der Waals surface area contributed by atoms with Crippen molar-refractivity contribution in [2.24, 2.45) is 0 Å². The van der Waals surface area contributed by atoms with Crippen molar-refractivity contribution in [1.29, 1.82) is 0 Å². The lowest BCUT2D eigenvalue weighted by Gasteiger charge is -2.23. The summed E-state index contributed by atoms with van der Waals surface area (Å²) in [7, 11) is -0.651. The third kappa shape index (κ3) is 4.85. The van der Waals surface area contributed by atoms with Crippen LogP contribution in [0.4, 0.5) is 5.69 Å². The van der Waals surface area contributed by atoms with E-state index in [9.17, 15) is 18.0 Å². The van der Waals surface area contributed by atoms with Gasteiger partial charge in [-0.15, -0.1) is 0 Å². The predicted molar refractivity (Wildman–Crippen MR) is 104 cm³/mol. The molecule has 27 heavy (non-hydrogen) atoms. The van der Waals surface area contributed by atoms with Crippen LogP contribution in [-0.2, 0) is 14.8 Å². The molecule has 2 rings (SSSR count). The molecular formula is C19H23N3O4S. The van der Waals surface area contributed by atoms with Gasteiger partial charge in [-0.3, -0.25) is 13.9 Å². The summed E-state index contributed by atoms with van der Waals surface area (Å²) in [4.78, 5) is 25.2. The number of likely N-dealkylation sites (N-methyl/N-ethyl adjacent to an activating group) is 1. The molecule has 0 aliphatic carbocycles. The third-order valence-electron chi connectivity index (χ3n) is 3.91. The molecule has 1 N–H and O–H groups in total. The Morgan fingerprint density at radius 1 is 1.00 bits per heavy atom. The summed E-state index contributed by atoms with van der Waals surface area (Å²) < 4.78 is 27.3. The Kier molecular flexibility index (Phi) is 6.57. The Morgan fingerprint density at radius 2 is 1.67 bits per heavy atom. The van der Waals surface area contributed by atoms with E-state index in [1.165, 1.54) is 33.5 Å². The van der Waals surface area contributed by atoms with Crippen molar-refractivity contribution in [2.45, 2.75) is 11.8 Å². The molecule has 2 aromatic carbocycles. The lowest BCUT2D eigenvalue weighted by molar-refractivity contribution is -0.127. The Hall–Kier alpha value is -2.87. The highest BCUT2D eigenvalue weighted by atomic mass is 32.2. The molecule has 0 aliphatic heterocycles. The zero-order chi connectivity index (χ0) is 20.0. The Morgan fingerprint density at radius 3 is 2.26 bits per heavy atom. The van der Waals surface area contributed by atoms with Gasteiger partial charge in [-0.05, 0) is 37.3 Å². The zero-order valence-electron chi connectivity index (χ0n) is 15.5. The topological polar surface area (TPSA) is 86.8 Å². The number of hydrogen-bond acceptors (Lipinski definition) is 4. The molecule has 2 amide bonds. The number of para-hydroxylation sites is 1. The first-order valence-electron chi connectivity index (χ1n) is 8.43. The van der Waals surface area contributed by atoms with Gasteiger partial charge >= 0.3 is 0 Å². The first-order valence-corrected chi connectivity index (χ1v) is 9.87. The first-order chi connectivity index (χ1) is 12.8. The molecule has 0 radical (unpaired) electrons. The zero-order valence-corrected chi connectivity index (χ0v) is 16.4. The average Bonchev–Trinajstić information content (AvgIpc) is 2.67. The van der Waals surface area contributed by atoms with Crippen LogP contribution in [0.1, 0.15) is 17.3 Å². The molecule has 0 aliphatic rings. The predicted octanol–water partition coefficient (Wildman–Crippen LogP) is 1.72.